The highest BCUT2D eigenvalue weighted by Gasteiger charge is 2.52. The summed E-state index contributed by atoms with van der Waals surface area (Å²) in [5, 5.41) is 3.35. The van der Waals surface area contributed by atoms with Crippen LogP contribution >= 0.6 is 11.6 Å². The summed E-state index contributed by atoms with van der Waals surface area (Å²) in [4.78, 5) is 28.0. The highest BCUT2D eigenvalue weighted by Crippen LogP contribution is 2.41. The van der Waals surface area contributed by atoms with E-state index in [0.717, 1.165) is 32.1 Å². The highest BCUT2D eigenvalue weighted by molar-refractivity contribution is 6.31. The van der Waals surface area contributed by atoms with Crippen molar-refractivity contribution in [2.24, 2.45) is 0 Å². The standard InChI is InChI=1S/C21H23ClN2O4/c22-16-7-4-6-15(12-16)20(26)24-18(14-28-21(24)9-2-1-3-10-21)19(25)23-13-17-8-5-11-27-17/h4-8,11-12,18H,1-3,9-10,13-14H2,(H,23,25)/t18-/m0/s1. The van der Waals surface area contributed by atoms with Crippen molar-refractivity contribution < 1.29 is 18.7 Å². The Hall–Kier alpha value is -2.31. The van der Waals surface area contributed by atoms with Gasteiger partial charge in [0, 0.05) is 10.6 Å². The zero-order valence-electron chi connectivity index (χ0n) is 15.5. The third kappa shape index (κ3) is 3.66. The molecule has 1 aliphatic carbocycles. The number of rotatable bonds is 4. The van der Waals surface area contributed by atoms with Gasteiger partial charge in [0.05, 0.1) is 19.4 Å². The molecule has 28 heavy (non-hydrogen) atoms. The van der Waals surface area contributed by atoms with Crippen molar-refractivity contribution in [1.82, 2.24) is 10.2 Å². The SMILES string of the molecule is O=C(NCc1ccco1)[C@@H]1COC2(CCCCC2)N1C(=O)c1cccc(Cl)c1. The second-order valence-electron chi connectivity index (χ2n) is 7.32. The zero-order chi connectivity index (χ0) is 19.6. The van der Waals surface area contributed by atoms with E-state index in [1.165, 1.54) is 0 Å². The van der Waals surface area contributed by atoms with Crippen LogP contribution in [0, 0.1) is 0 Å². The van der Waals surface area contributed by atoms with E-state index in [9.17, 15) is 9.59 Å². The average Bonchev–Trinajstić information content (AvgIpc) is 3.35. The fraction of sp³-hybridized carbons (Fsp3) is 0.429. The molecule has 2 aromatic rings. The molecule has 0 radical (unpaired) electrons. The van der Waals surface area contributed by atoms with Crippen LogP contribution < -0.4 is 5.32 Å². The summed E-state index contributed by atoms with van der Waals surface area (Å²) >= 11 is 6.09. The Morgan fingerprint density at radius 2 is 2.00 bits per heavy atom. The number of ether oxygens (including phenoxy) is 1. The molecule has 1 N–H and O–H groups in total. The molecule has 1 atom stereocenters. The number of hydrogen-bond donors (Lipinski definition) is 1. The van der Waals surface area contributed by atoms with Gasteiger partial charge in [-0.2, -0.15) is 0 Å². The predicted octanol–water partition coefficient (Wildman–Crippen LogP) is 3.75. The summed E-state index contributed by atoms with van der Waals surface area (Å²) in [5.41, 5.74) is -0.253. The van der Waals surface area contributed by atoms with Crippen molar-refractivity contribution in [3.05, 3.63) is 59.0 Å². The van der Waals surface area contributed by atoms with Gasteiger partial charge in [0.1, 0.15) is 17.5 Å². The van der Waals surface area contributed by atoms with Gasteiger partial charge in [0.2, 0.25) is 5.91 Å². The molecule has 1 aromatic heterocycles. The number of nitrogens with zero attached hydrogens (tertiary/aromatic N) is 1. The molecule has 1 aliphatic heterocycles. The van der Waals surface area contributed by atoms with E-state index in [4.69, 9.17) is 20.8 Å². The first-order chi connectivity index (χ1) is 13.6. The van der Waals surface area contributed by atoms with E-state index in [1.54, 1.807) is 47.6 Å². The van der Waals surface area contributed by atoms with Crippen LogP contribution in [0.5, 0.6) is 0 Å². The Balaban J connectivity index is 1.59. The van der Waals surface area contributed by atoms with Crippen LogP contribution in [0.25, 0.3) is 0 Å². The molecule has 2 heterocycles. The van der Waals surface area contributed by atoms with Crippen molar-refractivity contribution in [1.29, 1.82) is 0 Å². The highest BCUT2D eigenvalue weighted by atomic mass is 35.5. The monoisotopic (exact) mass is 402 g/mol. The number of halogens is 1. The minimum Gasteiger partial charge on any atom is -0.467 e. The summed E-state index contributed by atoms with van der Waals surface area (Å²) in [6, 6.07) is 9.71. The van der Waals surface area contributed by atoms with E-state index in [1.807, 2.05) is 0 Å². The second kappa shape index (κ2) is 7.97. The molecular formula is C21H23ClN2O4. The number of benzene rings is 1. The van der Waals surface area contributed by atoms with Gasteiger partial charge in [-0.05, 0) is 56.0 Å². The maximum Gasteiger partial charge on any atom is 0.256 e. The van der Waals surface area contributed by atoms with E-state index in [-0.39, 0.29) is 25.0 Å². The van der Waals surface area contributed by atoms with Crippen LogP contribution in [-0.4, -0.2) is 35.1 Å². The van der Waals surface area contributed by atoms with E-state index < -0.39 is 11.8 Å². The maximum absolute atomic E-state index is 13.4. The van der Waals surface area contributed by atoms with Crippen molar-refractivity contribution in [2.75, 3.05) is 6.61 Å². The molecule has 1 saturated carbocycles. The normalized spacial score (nSPS) is 21.0. The van der Waals surface area contributed by atoms with Crippen LogP contribution in [0.15, 0.2) is 47.1 Å². The maximum atomic E-state index is 13.4. The summed E-state index contributed by atoms with van der Waals surface area (Å²) in [7, 11) is 0. The quantitative estimate of drug-likeness (QED) is 0.845. The van der Waals surface area contributed by atoms with Crippen LogP contribution in [0.4, 0.5) is 0 Å². The molecule has 1 spiro atoms. The van der Waals surface area contributed by atoms with Crippen molar-refractivity contribution in [3.63, 3.8) is 0 Å². The topological polar surface area (TPSA) is 71.8 Å². The summed E-state index contributed by atoms with van der Waals surface area (Å²) < 4.78 is 11.4. The number of nitrogens with one attached hydrogen (secondary N) is 1. The third-order valence-corrected chi connectivity index (χ3v) is 5.74. The Morgan fingerprint density at radius 3 is 2.71 bits per heavy atom. The molecule has 7 heteroatoms. The Labute approximate surface area is 168 Å². The van der Waals surface area contributed by atoms with Crippen LogP contribution in [0.2, 0.25) is 5.02 Å². The minimum absolute atomic E-state index is 0.191. The van der Waals surface area contributed by atoms with Gasteiger partial charge in [-0.15, -0.1) is 0 Å². The van der Waals surface area contributed by atoms with Crippen LogP contribution in [0.1, 0.15) is 48.2 Å². The number of carbonyl (C=O) groups is 2. The molecule has 0 unspecified atom stereocenters. The molecule has 2 aliphatic rings. The number of hydrogen-bond acceptors (Lipinski definition) is 4. The first-order valence-corrected chi connectivity index (χ1v) is 10.0. The van der Waals surface area contributed by atoms with Gasteiger partial charge in [-0.3, -0.25) is 14.5 Å². The first kappa shape index (κ1) is 19.0. The third-order valence-electron chi connectivity index (χ3n) is 5.51. The van der Waals surface area contributed by atoms with Crippen molar-refractivity contribution in [3.8, 4) is 0 Å². The molecule has 6 nitrogen and oxygen atoms in total. The Morgan fingerprint density at radius 1 is 1.18 bits per heavy atom. The number of carbonyl (C=O) groups excluding carboxylic acids is 2. The Kier molecular flexibility index (Phi) is 5.42. The van der Waals surface area contributed by atoms with E-state index in [2.05, 4.69) is 5.32 Å². The van der Waals surface area contributed by atoms with Gasteiger partial charge in [0.25, 0.3) is 5.91 Å². The zero-order valence-corrected chi connectivity index (χ0v) is 16.3. The fourth-order valence-corrected chi connectivity index (χ4v) is 4.33. The summed E-state index contributed by atoms with van der Waals surface area (Å²) in [6.45, 7) is 0.463. The lowest BCUT2D eigenvalue weighted by Gasteiger charge is -2.41. The summed E-state index contributed by atoms with van der Waals surface area (Å²) in [5.74, 6) is 0.196. The van der Waals surface area contributed by atoms with Gasteiger partial charge in [-0.1, -0.05) is 24.1 Å². The second-order valence-corrected chi connectivity index (χ2v) is 7.75. The van der Waals surface area contributed by atoms with Crippen molar-refractivity contribution in [2.45, 2.75) is 50.4 Å². The molecule has 4 rings (SSSR count). The van der Waals surface area contributed by atoms with Gasteiger partial charge < -0.3 is 14.5 Å². The van der Waals surface area contributed by atoms with Gasteiger partial charge in [0.15, 0.2) is 0 Å². The van der Waals surface area contributed by atoms with Gasteiger partial charge in [-0.25, -0.2) is 0 Å². The average molecular weight is 403 g/mol. The predicted molar refractivity (Wildman–Crippen MR) is 104 cm³/mol. The van der Waals surface area contributed by atoms with Crippen LogP contribution in [0.3, 0.4) is 0 Å². The molecule has 1 saturated heterocycles. The largest absolute Gasteiger partial charge is 0.467 e. The lowest BCUT2D eigenvalue weighted by molar-refractivity contribution is -0.127. The summed E-state index contributed by atoms with van der Waals surface area (Å²) in [6.07, 6.45) is 6.09. The minimum atomic E-state index is -0.718. The van der Waals surface area contributed by atoms with E-state index >= 15 is 0 Å². The molecule has 2 fully saturated rings. The number of furan rings is 1. The molecule has 2 amide bonds. The molecular weight excluding hydrogens is 380 g/mol. The van der Waals surface area contributed by atoms with Gasteiger partial charge >= 0.3 is 0 Å². The molecule has 148 valence electrons. The fourth-order valence-electron chi connectivity index (χ4n) is 4.14. The smallest absolute Gasteiger partial charge is 0.256 e. The molecule has 1 aromatic carbocycles. The van der Waals surface area contributed by atoms with Crippen LogP contribution in [-0.2, 0) is 16.1 Å². The Bertz CT molecular complexity index is 846. The van der Waals surface area contributed by atoms with Crippen molar-refractivity contribution >= 4 is 23.4 Å². The van der Waals surface area contributed by atoms with E-state index in [0.29, 0.717) is 16.3 Å². The lowest BCUT2D eigenvalue weighted by Crippen LogP contribution is -2.56. The number of amides is 2. The lowest BCUT2D eigenvalue weighted by atomic mass is 9.89. The first-order valence-electron chi connectivity index (χ1n) is 9.62. The molecule has 0 bridgehead atoms.